The van der Waals surface area contributed by atoms with E-state index in [-0.39, 0.29) is 5.56 Å². The molecule has 0 aliphatic carbocycles. The van der Waals surface area contributed by atoms with Crippen LogP contribution in [0.5, 0.6) is 0 Å². The van der Waals surface area contributed by atoms with Gasteiger partial charge in [0.25, 0.3) is 5.56 Å². The van der Waals surface area contributed by atoms with Gasteiger partial charge in [-0.3, -0.25) is 4.79 Å². The number of benzene rings is 1. The molecule has 1 aromatic heterocycles. The molecular formula is C13H16N2O. The molecule has 0 atom stereocenters. The van der Waals surface area contributed by atoms with Crippen LogP contribution in [0.1, 0.15) is 24.5 Å². The van der Waals surface area contributed by atoms with E-state index in [1.165, 1.54) is 0 Å². The fourth-order valence-corrected chi connectivity index (χ4v) is 2.03. The Balaban J connectivity index is 2.74. The number of aromatic nitrogens is 1. The Morgan fingerprint density at radius 1 is 1.31 bits per heavy atom. The van der Waals surface area contributed by atoms with Crippen molar-refractivity contribution in [1.29, 1.82) is 0 Å². The van der Waals surface area contributed by atoms with E-state index in [4.69, 9.17) is 5.73 Å². The lowest BCUT2D eigenvalue weighted by molar-refractivity contribution is 0.905. The van der Waals surface area contributed by atoms with Crippen LogP contribution in [0.2, 0.25) is 0 Å². The lowest BCUT2D eigenvalue weighted by Crippen LogP contribution is -2.12. The van der Waals surface area contributed by atoms with E-state index in [9.17, 15) is 4.79 Å². The Morgan fingerprint density at radius 3 is 2.75 bits per heavy atom. The van der Waals surface area contributed by atoms with Crippen LogP contribution in [-0.4, -0.2) is 4.98 Å². The van der Waals surface area contributed by atoms with Crippen LogP contribution in [-0.2, 0) is 6.42 Å². The molecule has 2 rings (SSSR count). The van der Waals surface area contributed by atoms with E-state index in [0.29, 0.717) is 0 Å². The van der Waals surface area contributed by atoms with Gasteiger partial charge in [0.15, 0.2) is 0 Å². The van der Waals surface area contributed by atoms with Gasteiger partial charge in [0, 0.05) is 16.6 Å². The molecule has 0 radical (unpaired) electrons. The van der Waals surface area contributed by atoms with Crippen molar-refractivity contribution < 1.29 is 0 Å². The molecule has 0 amide bonds. The highest BCUT2D eigenvalue weighted by molar-refractivity contribution is 5.85. The van der Waals surface area contributed by atoms with E-state index in [2.05, 4.69) is 11.9 Å². The van der Waals surface area contributed by atoms with E-state index in [0.717, 1.165) is 40.6 Å². The van der Waals surface area contributed by atoms with Crippen molar-refractivity contribution in [1.82, 2.24) is 4.98 Å². The molecule has 0 saturated heterocycles. The van der Waals surface area contributed by atoms with Gasteiger partial charge in [0.05, 0.1) is 5.52 Å². The molecule has 0 aliphatic rings. The largest absolute Gasteiger partial charge is 0.399 e. The second-order valence-electron chi connectivity index (χ2n) is 4.18. The summed E-state index contributed by atoms with van der Waals surface area (Å²) in [5.41, 5.74) is 9.28. The predicted octanol–water partition coefficient (Wildman–Crippen LogP) is 2.37. The maximum Gasteiger partial charge on any atom is 0.251 e. The lowest BCUT2D eigenvalue weighted by atomic mass is 10.1. The maximum atomic E-state index is 11.8. The van der Waals surface area contributed by atoms with Crippen LogP contribution in [0.4, 0.5) is 5.69 Å². The average Bonchev–Trinajstić information content (AvgIpc) is 2.21. The number of nitrogens with one attached hydrogen (secondary N) is 1. The number of aromatic amines is 1. The highest BCUT2D eigenvalue weighted by Gasteiger charge is 2.04. The van der Waals surface area contributed by atoms with Crippen molar-refractivity contribution in [3.05, 3.63) is 39.7 Å². The molecule has 3 nitrogen and oxygen atoms in total. The van der Waals surface area contributed by atoms with Crippen molar-refractivity contribution in [2.75, 3.05) is 5.73 Å². The molecule has 3 heteroatoms. The molecule has 2 aromatic rings. The zero-order valence-corrected chi connectivity index (χ0v) is 9.63. The van der Waals surface area contributed by atoms with Crippen molar-refractivity contribution in [2.24, 2.45) is 0 Å². The number of anilines is 1. The van der Waals surface area contributed by atoms with Crippen LogP contribution in [0.15, 0.2) is 23.0 Å². The van der Waals surface area contributed by atoms with Crippen molar-refractivity contribution in [3.8, 4) is 0 Å². The van der Waals surface area contributed by atoms with Crippen LogP contribution in [0.25, 0.3) is 10.9 Å². The van der Waals surface area contributed by atoms with Gasteiger partial charge in [0.2, 0.25) is 0 Å². The molecule has 3 N–H and O–H groups in total. The number of H-pyrrole nitrogens is 1. The average molecular weight is 216 g/mol. The molecule has 0 saturated carbocycles. The van der Waals surface area contributed by atoms with Crippen LogP contribution < -0.4 is 11.3 Å². The van der Waals surface area contributed by atoms with E-state index < -0.39 is 0 Å². The third-order valence-electron chi connectivity index (χ3n) is 2.77. The third-order valence-corrected chi connectivity index (χ3v) is 2.77. The number of rotatable bonds is 2. The van der Waals surface area contributed by atoms with Crippen LogP contribution >= 0.6 is 0 Å². The summed E-state index contributed by atoms with van der Waals surface area (Å²) in [6.07, 6.45) is 1.77. The van der Waals surface area contributed by atoms with Gasteiger partial charge < -0.3 is 10.7 Å². The van der Waals surface area contributed by atoms with Crippen LogP contribution in [0, 0.1) is 6.92 Å². The van der Waals surface area contributed by atoms with E-state index in [1.54, 1.807) is 0 Å². The molecule has 0 fully saturated rings. The minimum atomic E-state index is 0.0159. The minimum absolute atomic E-state index is 0.0159. The Kier molecular flexibility index (Phi) is 2.69. The molecular weight excluding hydrogens is 200 g/mol. The molecule has 0 unspecified atom stereocenters. The summed E-state index contributed by atoms with van der Waals surface area (Å²) in [6.45, 7) is 4.02. The van der Waals surface area contributed by atoms with E-state index in [1.807, 2.05) is 25.1 Å². The van der Waals surface area contributed by atoms with Gasteiger partial charge >= 0.3 is 0 Å². The van der Waals surface area contributed by atoms with Gasteiger partial charge in [0.1, 0.15) is 0 Å². The molecule has 84 valence electrons. The highest BCUT2D eigenvalue weighted by atomic mass is 16.1. The van der Waals surface area contributed by atoms with Gasteiger partial charge in [-0.25, -0.2) is 0 Å². The second kappa shape index (κ2) is 4.00. The monoisotopic (exact) mass is 216 g/mol. The summed E-state index contributed by atoms with van der Waals surface area (Å²) in [5, 5.41) is 1.01. The Labute approximate surface area is 94.3 Å². The molecule has 1 heterocycles. The Hall–Kier alpha value is -1.77. The molecule has 0 spiro atoms. The topological polar surface area (TPSA) is 58.9 Å². The Morgan fingerprint density at radius 2 is 2.06 bits per heavy atom. The van der Waals surface area contributed by atoms with Gasteiger partial charge in [-0.15, -0.1) is 0 Å². The summed E-state index contributed by atoms with van der Waals surface area (Å²) in [6, 6.07) is 5.72. The first-order valence-electron chi connectivity index (χ1n) is 5.54. The predicted molar refractivity (Wildman–Crippen MR) is 67.7 cm³/mol. The molecule has 0 aliphatic heterocycles. The summed E-state index contributed by atoms with van der Waals surface area (Å²) < 4.78 is 0. The minimum Gasteiger partial charge on any atom is -0.399 e. The first-order valence-corrected chi connectivity index (χ1v) is 5.54. The summed E-state index contributed by atoms with van der Waals surface area (Å²) in [5.74, 6) is 0. The number of aryl methyl sites for hydroxylation is 2. The summed E-state index contributed by atoms with van der Waals surface area (Å²) in [7, 11) is 0. The zero-order valence-electron chi connectivity index (χ0n) is 9.63. The van der Waals surface area contributed by atoms with Crippen molar-refractivity contribution in [2.45, 2.75) is 26.7 Å². The highest BCUT2D eigenvalue weighted by Crippen LogP contribution is 2.19. The first kappa shape index (κ1) is 10.7. The zero-order chi connectivity index (χ0) is 11.7. The molecule has 0 bridgehead atoms. The SMILES string of the molecule is CCCc1cc2cc(N)cc(C)c2[nH]c1=O. The summed E-state index contributed by atoms with van der Waals surface area (Å²) in [4.78, 5) is 14.7. The number of hydrogen-bond acceptors (Lipinski definition) is 2. The first-order chi connectivity index (χ1) is 7.61. The van der Waals surface area contributed by atoms with Crippen LogP contribution in [0.3, 0.4) is 0 Å². The quantitative estimate of drug-likeness (QED) is 0.757. The fourth-order valence-electron chi connectivity index (χ4n) is 2.03. The normalized spacial score (nSPS) is 10.9. The number of pyridine rings is 1. The maximum absolute atomic E-state index is 11.8. The summed E-state index contributed by atoms with van der Waals surface area (Å²) >= 11 is 0. The number of fused-ring (bicyclic) bond motifs is 1. The number of nitrogens with two attached hydrogens (primary N) is 1. The molecule has 16 heavy (non-hydrogen) atoms. The number of hydrogen-bond donors (Lipinski definition) is 2. The smallest absolute Gasteiger partial charge is 0.251 e. The molecule has 1 aromatic carbocycles. The third kappa shape index (κ3) is 1.81. The van der Waals surface area contributed by atoms with Crippen molar-refractivity contribution in [3.63, 3.8) is 0 Å². The van der Waals surface area contributed by atoms with E-state index >= 15 is 0 Å². The van der Waals surface area contributed by atoms with Crippen molar-refractivity contribution >= 4 is 16.6 Å². The number of nitrogen functional groups attached to an aromatic ring is 1. The Bertz CT molecular complexity index is 584. The second-order valence-corrected chi connectivity index (χ2v) is 4.18. The standard InChI is InChI=1S/C13H16N2O/c1-3-4-9-6-10-7-11(14)5-8(2)12(10)15-13(9)16/h5-7H,3-4,14H2,1-2H3,(H,15,16). The lowest BCUT2D eigenvalue weighted by Gasteiger charge is -2.06. The fraction of sp³-hybridized carbons (Fsp3) is 0.308. The van der Waals surface area contributed by atoms with Gasteiger partial charge in [-0.05, 0) is 37.1 Å². The van der Waals surface area contributed by atoms with Gasteiger partial charge in [-0.1, -0.05) is 13.3 Å². The van der Waals surface area contributed by atoms with Gasteiger partial charge in [-0.2, -0.15) is 0 Å².